The lowest BCUT2D eigenvalue weighted by atomic mass is 9.78. The molecule has 19 heavy (non-hydrogen) atoms. The van der Waals surface area contributed by atoms with E-state index in [9.17, 15) is 4.79 Å². The normalized spacial score (nSPS) is 22.4. The number of hydrogen-bond acceptors (Lipinski definition) is 2. The Hall–Kier alpha value is -1.61. The van der Waals surface area contributed by atoms with Gasteiger partial charge in [0.1, 0.15) is 0 Å². The summed E-state index contributed by atoms with van der Waals surface area (Å²) in [5.74, 6) is 0.745. The Kier molecular flexibility index (Phi) is 3.38. The van der Waals surface area contributed by atoms with E-state index in [1.165, 1.54) is 0 Å². The largest absolute Gasteiger partial charge is 0.378 e. The second-order valence-corrected chi connectivity index (χ2v) is 5.29. The van der Waals surface area contributed by atoms with E-state index in [1.807, 2.05) is 37.4 Å². The van der Waals surface area contributed by atoms with Crippen molar-refractivity contribution < 1.29 is 9.53 Å². The first kappa shape index (κ1) is 12.4. The Labute approximate surface area is 113 Å². The van der Waals surface area contributed by atoms with E-state index in [-0.39, 0.29) is 5.78 Å². The van der Waals surface area contributed by atoms with Crippen LogP contribution in [-0.2, 0) is 4.74 Å². The van der Waals surface area contributed by atoms with Gasteiger partial charge in [-0.05, 0) is 31.7 Å². The summed E-state index contributed by atoms with van der Waals surface area (Å²) in [6.07, 6.45) is 4.92. The van der Waals surface area contributed by atoms with Crippen molar-refractivity contribution in [2.24, 2.45) is 5.92 Å². The van der Waals surface area contributed by atoms with Crippen molar-refractivity contribution in [3.05, 3.63) is 36.0 Å². The molecule has 0 bridgehead atoms. The summed E-state index contributed by atoms with van der Waals surface area (Å²) in [5, 5.41) is 1.04. The summed E-state index contributed by atoms with van der Waals surface area (Å²) in [6, 6.07) is 7.95. The molecule has 1 N–H and O–H groups in total. The molecule has 1 fully saturated rings. The minimum atomic E-state index is 0.248. The van der Waals surface area contributed by atoms with Crippen LogP contribution in [0.5, 0.6) is 0 Å². The fourth-order valence-electron chi connectivity index (χ4n) is 2.89. The van der Waals surface area contributed by atoms with Crippen LogP contribution in [0, 0.1) is 5.92 Å². The highest BCUT2D eigenvalue weighted by molar-refractivity contribution is 6.07. The first-order valence-electron chi connectivity index (χ1n) is 6.99. The van der Waals surface area contributed by atoms with E-state index < -0.39 is 0 Å². The summed E-state index contributed by atoms with van der Waals surface area (Å²) in [7, 11) is 0. The van der Waals surface area contributed by atoms with Gasteiger partial charge < -0.3 is 9.72 Å². The molecule has 0 atom stereocenters. The van der Waals surface area contributed by atoms with Crippen molar-refractivity contribution in [2.75, 3.05) is 6.61 Å². The summed E-state index contributed by atoms with van der Waals surface area (Å²) in [4.78, 5) is 15.5. The van der Waals surface area contributed by atoms with Gasteiger partial charge in [0.05, 0.1) is 6.10 Å². The minimum Gasteiger partial charge on any atom is -0.378 e. The molecule has 3 heteroatoms. The zero-order chi connectivity index (χ0) is 13.2. The molecule has 1 aliphatic rings. The average Bonchev–Trinajstić information content (AvgIpc) is 2.80. The molecule has 0 aliphatic heterocycles. The Morgan fingerprint density at radius 3 is 2.95 bits per heavy atom. The van der Waals surface area contributed by atoms with Gasteiger partial charge in [0.2, 0.25) is 0 Å². The topological polar surface area (TPSA) is 42.1 Å². The lowest BCUT2D eigenvalue weighted by Crippen LogP contribution is -2.32. The monoisotopic (exact) mass is 257 g/mol. The Balaban J connectivity index is 1.65. The van der Waals surface area contributed by atoms with Crippen LogP contribution in [0.4, 0.5) is 0 Å². The maximum Gasteiger partial charge on any atom is 0.165 e. The Morgan fingerprint density at radius 1 is 1.37 bits per heavy atom. The van der Waals surface area contributed by atoms with Gasteiger partial charge in [-0.25, -0.2) is 0 Å². The second kappa shape index (κ2) is 5.17. The van der Waals surface area contributed by atoms with Gasteiger partial charge in [-0.15, -0.1) is 0 Å². The van der Waals surface area contributed by atoms with Gasteiger partial charge in [0.25, 0.3) is 0 Å². The standard InChI is InChI=1S/C16H19NO2/c1-2-19-12-7-11(8-12)9-16(18)14-10-17-15-6-4-3-5-13(14)15/h3-6,10-12,17H,2,7-9H2,1H3. The van der Waals surface area contributed by atoms with Crippen LogP contribution in [0.2, 0.25) is 0 Å². The Morgan fingerprint density at radius 2 is 2.16 bits per heavy atom. The number of nitrogens with one attached hydrogen (secondary N) is 1. The van der Waals surface area contributed by atoms with Gasteiger partial charge in [-0.1, -0.05) is 18.2 Å². The number of rotatable bonds is 5. The predicted molar refractivity (Wildman–Crippen MR) is 75.4 cm³/mol. The third kappa shape index (κ3) is 2.43. The summed E-state index contributed by atoms with van der Waals surface area (Å²) >= 11 is 0. The quantitative estimate of drug-likeness (QED) is 0.832. The molecule has 0 radical (unpaired) electrons. The van der Waals surface area contributed by atoms with E-state index in [0.29, 0.717) is 18.4 Å². The third-order valence-electron chi connectivity index (χ3n) is 3.96. The van der Waals surface area contributed by atoms with Crippen molar-refractivity contribution in [1.29, 1.82) is 0 Å². The number of para-hydroxylation sites is 1. The van der Waals surface area contributed by atoms with Crippen LogP contribution in [0.15, 0.2) is 30.5 Å². The summed E-state index contributed by atoms with van der Waals surface area (Å²) in [5.41, 5.74) is 1.86. The number of carbonyl (C=O) groups is 1. The highest BCUT2D eigenvalue weighted by atomic mass is 16.5. The predicted octanol–water partition coefficient (Wildman–Crippen LogP) is 3.56. The zero-order valence-electron chi connectivity index (χ0n) is 11.2. The molecule has 0 unspecified atom stereocenters. The summed E-state index contributed by atoms with van der Waals surface area (Å²) < 4.78 is 5.53. The van der Waals surface area contributed by atoms with Crippen LogP contribution < -0.4 is 0 Å². The van der Waals surface area contributed by atoms with Crippen molar-refractivity contribution in [3.8, 4) is 0 Å². The molecule has 1 heterocycles. The number of hydrogen-bond donors (Lipinski definition) is 1. The van der Waals surface area contributed by atoms with Gasteiger partial charge in [0.15, 0.2) is 5.78 Å². The van der Waals surface area contributed by atoms with E-state index >= 15 is 0 Å². The van der Waals surface area contributed by atoms with E-state index in [4.69, 9.17) is 4.74 Å². The van der Waals surface area contributed by atoms with E-state index in [2.05, 4.69) is 4.98 Å². The number of Topliss-reactive ketones (excluding diaryl/α,β-unsaturated/α-hetero) is 1. The zero-order valence-corrected chi connectivity index (χ0v) is 11.2. The van der Waals surface area contributed by atoms with Crippen LogP contribution in [0.1, 0.15) is 36.5 Å². The first-order valence-corrected chi connectivity index (χ1v) is 6.99. The minimum absolute atomic E-state index is 0.248. The first-order chi connectivity index (χ1) is 9.28. The lowest BCUT2D eigenvalue weighted by molar-refractivity contribution is -0.0245. The second-order valence-electron chi connectivity index (χ2n) is 5.29. The molecule has 3 nitrogen and oxygen atoms in total. The van der Waals surface area contributed by atoms with Gasteiger partial charge in [0, 0.05) is 35.7 Å². The van der Waals surface area contributed by atoms with Gasteiger partial charge >= 0.3 is 0 Å². The number of H-pyrrole nitrogens is 1. The SMILES string of the molecule is CCOC1CC(CC(=O)c2c[nH]c3ccccc23)C1. The van der Waals surface area contributed by atoms with Crippen molar-refractivity contribution in [2.45, 2.75) is 32.3 Å². The van der Waals surface area contributed by atoms with Crippen LogP contribution in [-0.4, -0.2) is 23.5 Å². The number of ether oxygens (including phenoxy) is 1. The molecule has 0 spiro atoms. The molecule has 1 aromatic carbocycles. The van der Waals surface area contributed by atoms with Gasteiger partial charge in [-0.3, -0.25) is 4.79 Å². The van der Waals surface area contributed by atoms with E-state index in [0.717, 1.165) is 35.9 Å². The molecule has 1 aliphatic carbocycles. The molecule has 0 saturated heterocycles. The molecule has 1 saturated carbocycles. The molecule has 3 rings (SSSR count). The molecule has 1 aromatic heterocycles. The number of aromatic nitrogens is 1. The molecular weight excluding hydrogens is 238 g/mol. The fourth-order valence-corrected chi connectivity index (χ4v) is 2.89. The molecular formula is C16H19NO2. The van der Waals surface area contributed by atoms with Crippen LogP contribution in [0.25, 0.3) is 10.9 Å². The van der Waals surface area contributed by atoms with Crippen molar-refractivity contribution in [1.82, 2.24) is 4.98 Å². The highest BCUT2D eigenvalue weighted by Crippen LogP contribution is 2.34. The molecule has 2 aromatic rings. The van der Waals surface area contributed by atoms with Crippen LogP contribution in [0.3, 0.4) is 0 Å². The number of carbonyl (C=O) groups excluding carboxylic acids is 1. The van der Waals surface area contributed by atoms with Crippen LogP contribution >= 0.6 is 0 Å². The number of aromatic amines is 1. The number of benzene rings is 1. The maximum absolute atomic E-state index is 12.3. The number of fused-ring (bicyclic) bond motifs is 1. The van der Waals surface area contributed by atoms with E-state index in [1.54, 1.807) is 0 Å². The number of ketones is 1. The van der Waals surface area contributed by atoms with Crippen molar-refractivity contribution >= 4 is 16.7 Å². The molecule has 100 valence electrons. The third-order valence-corrected chi connectivity index (χ3v) is 3.96. The smallest absolute Gasteiger partial charge is 0.165 e. The van der Waals surface area contributed by atoms with Crippen molar-refractivity contribution in [3.63, 3.8) is 0 Å². The lowest BCUT2D eigenvalue weighted by Gasteiger charge is -2.34. The molecule has 0 amide bonds. The fraction of sp³-hybridized carbons (Fsp3) is 0.438. The highest BCUT2D eigenvalue weighted by Gasteiger charge is 2.31. The Bertz CT molecular complexity index is 581. The summed E-state index contributed by atoms with van der Waals surface area (Å²) in [6.45, 7) is 2.79. The maximum atomic E-state index is 12.3. The van der Waals surface area contributed by atoms with Gasteiger partial charge in [-0.2, -0.15) is 0 Å². The average molecular weight is 257 g/mol.